The Bertz CT molecular complexity index is 690. The monoisotopic (exact) mass is 360 g/mol. The zero-order chi connectivity index (χ0) is 17.4. The van der Waals surface area contributed by atoms with Gasteiger partial charge in [-0.2, -0.15) is 0 Å². The van der Waals surface area contributed by atoms with Gasteiger partial charge >= 0.3 is 0 Å². The zero-order valence-electron chi connectivity index (χ0n) is 14.1. The highest BCUT2D eigenvalue weighted by molar-refractivity contribution is 7.09. The Morgan fingerprint density at radius 3 is 2.60 bits per heavy atom. The predicted molar refractivity (Wildman–Crippen MR) is 96.5 cm³/mol. The number of hydrogen-bond donors (Lipinski definition) is 3. The number of aliphatic hydroxyl groups excluding tert-OH is 1. The Morgan fingerprint density at radius 2 is 2.00 bits per heavy atom. The van der Waals surface area contributed by atoms with Crippen LogP contribution in [0.15, 0.2) is 35.8 Å². The maximum absolute atomic E-state index is 10.9. The number of aromatic hydroxyl groups is 1. The Hall–Kier alpha value is -1.47. The van der Waals surface area contributed by atoms with E-state index in [2.05, 4.69) is 21.3 Å². The summed E-state index contributed by atoms with van der Waals surface area (Å²) in [4.78, 5) is 7.63. The van der Waals surface area contributed by atoms with Gasteiger partial charge in [0, 0.05) is 30.9 Å². The van der Waals surface area contributed by atoms with Gasteiger partial charge in [-0.1, -0.05) is 6.07 Å². The molecule has 1 aliphatic heterocycles. The maximum Gasteiger partial charge on any atom is 0.133 e. The van der Waals surface area contributed by atoms with Crippen LogP contribution in [-0.2, 0) is 6.42 Å². The predicted octanol–water partition coefficient (Wildman–Crippen LogP) is 2.20. The maximum atomic E-state index is 10.9. The molecule has 1 saturated carbocycles. The van der Waals surface area contributed by atoms with Crippen molar-refractivity contribution in [2.75, 3.05) is 19.6 Å². The number of rotatable bonds is 5. The molecule has 2 aromatic heterocycles. The molecule has 2 aromatic rings. The summed E-state index contributed by atoms with van der Waals surface area (Å²) in [5.41, 5.74) is 0.0210. The SMILES string of the molecule is Oc1ccc(C(O)CN2CC3CC(O)(Cc4cccs4)CC3C2)nc1. The highest BCUT2D eigenvalue weighted by atomic mass is 32.1. The molecule has 0 radical (unpaired) electrons. The van der Waals surface area contributed by atoms with Crippen molar-refractivity contribution in [1.29, 1.82) is 0 Å². The van der Waals surface area contributed by atoms with Gasteiger partial charge in [0.1, 0.15) is 11.9 Å². The number of β-amino-alcohol motifs (C(OH)–C–C–N with tert-alkyl or cyclic N) is 1. The molecule has 2 fully saturated rings. The molecule has 4 rings (SSSR count). The highest BCUT2D eigenvalue weighted by Crippen LogP contribution is 2.45. The average Bonchev–Trinajstić information content (AvgIpc) is 3.24. The summed E-state index contributed by atoms with van der Waals surface area (Å²) in [6, 6.07) is 7.36. The molecule has 1 aliphatic carbocycles. The van der Waals surface area contributed by atoms with Crippen molar-refractivity contribution in [2.45, 2.75) is 31.0 Å². The van der Waals surface area contributed by atoms with Crippen LogP contribution in [0.25, 0.3) is 0 Å². The minimum atomic E-state index is -0.649. The van der Waals surface area contributed by atoms with E-state index in [1.165, 1.54) is 11.1 Å². The number of aromatic nitrogens is 1. The van der Waals surface area contributed by atoms with Crippen molar-refractivity contribution < 1.29 is 15.3 Å². The molecule has 1 saturated heterocycles. The normalized spacial score (nSPS) is 30.5. The molecule has 0 amide bonds. The van der Waals surface area contributed by atoms with E-state index in [1.807, 2.05) is 6.07 Å². The number of pyridine rings is 1. The van der Waals surface area contributed by atoms with Gasteiger partial charge in [0.05, 0.1) is 17.5 Å². The molecular formula is C19H24N2O3S. The molecule has 3 heterocycles. The van der Waals surface area contributed by atoms with E-state index in [0.29, 0.717) is 24.1 Å². The van der Waals surface area contributed by atoms with Crippen molar-refractivity contribution in [3.05, 3.63) is 46.4 Å². The van der Waals surface area contributed by atoms with Crippen molar-refractivity contribution in [3.8, 4) is 5.75 Å². The van der Waals surface area contributed by atoms with Gasteiger partial charge in [-0.05, 0) is 48.3 Å². The molecule has 0 aromatic carbocycles. The molecule has 3 unspecified atom stereocenters. The van der Waals surface area contributed by atoms with Crippen LogP contribution in [0.4, 0.5) is 0 Å². The van der Waals surface area contributed by atoms with Gasteiger partial charge in [0.25, 0.3) is 0 Å². The number of nitrogens with zero attached hydrogens (tertiary/aromatic N) is 2. The fourth-order valence-electron chi connectivity index (χ4n) is 4.52. The first-order valence-corrected chi connectivity index (χ1v) is 9.69. The lowest BCUT2D eigenvalue weighted by Crippen LogP contribution is -2.33. The molecule has 6 heteroatoms. The second-order valence-corrected chi connectivity index (χ2v) is 8.62. The van der Waals surface area contributed by atoms with Gasteiger partial charge in [0.15, 0.2) is 0 Å². The van der Waals surface area contributed by atoms with E-state index in [4.69, 9.17) is 0 Å². The third kappa shape index (κ3) is 3.72. The van der Waals surface area contributed by atoms with Crippen molar-refractivity contribution >= 4 is 11.3 Å². The second-order valence-electron chi connectivity index (χ2n) is 7.58. The fourth-order valence-corrected chi connectivity index (χ4v) is 5.36. The first-order chi connectivity index (χ1) is 12.0. The van der Waals surface area contributed by atoms with Crippen LogP contribution in [-0.4, -0.2) is 50.4 Å². The highest BCUT2D eigenvalue weighted by Gasteiger charge is 2.48. The summed E-state index contributed by atoms with van der Waals surface area (Å²) in [5, 5.41) is 32.7. The minimum absolute atomic E-state index is 0.108. The molecule has 3 atom stereocenters. The van der Waals surface area contributed by atoms with E-state index in [1.54, 1.807) is 23.5 Å². The molecular weight excluding hydrogens is 336 g/mol. The number of thiophene rings is 1. The van der Waals surface area contributed by atoms with Gasteiger partial charge in [-0.3, -0.25) is 9.88 Å². The molecule has 0 spiro atoms. The lowest BCUT2D eigenvalue weighted by atomic mass is 9.95. The number of aliphatic hydroxyl groups is 2. The number of fused-ring (bicyclic) bond motifs is 1. The topological polar surface area (TPSA) is 76.8 Å². The quantitative estimate of drug-likeness (QED) is 0.762. The van der Waals surface area contributed by atoms with Crippen molar-refractivity contribution in [2.24, 2.45) is 11.8 Å². The molecule has 25 heavy (non-hydrogen) atoms. The zero-order valence-corrected chi connectivity index (χ0v) is 14.9. The van der Waals surface area contributed by atoms with Gasteiger partial charge in [-0.25, -0.2) is 0 Å². The average molecular weight is 360 g/mol. The van der Waals surface area contributed by atoms with E-state index in [9.17, 15) is 15.3 Å². The van der Waals surface area contributed by atoms with Crippen LogP contribution in [0.1, 0.15) is 29.5 Å². The summed E-state index contributed by atoms with van der Waals surface area (Å²) in [6.45, 7) is 2.40. The van der Waals surface area contributed by atoms with E-state index in [0.717, 1.165) is 32.4 Å². The summed E-state index contributed by atoms with van der Waals surface area (Å²) in [6.07, 6.45) is 3.17. The summed E-state index contributed by atoms with van der Waals surface area (Å²) in [5.74, 6) is 1.12. The fraction of sp³-hybridized carbons (Fsp3) is 0.526. The smallest absolute Gasteiger partial charge is 0.133 e. The van der Waals surface area contributed by atoms with Crippen LogP contribution < -0.4 is 0 Å². The van der Waals surface area contributed by atoms with Crippen LogP contribution >= 0.6 is 11.3 Å². The van der Waals surface area contributed by atoms with Gasteiger partial charge in [-0.15, -0.1) is 11.3 Å². The van der Waals surface area contributed by atoms with E-state index < -0.39 is 11.7 Å². The lowest BCUT2D eigenvalue weighted by Gasteiger charge is -2.26. The van der Waals surface area contributed by atoms with Crippen LogP contribution in [0, 0.1) is 11.8 Å². The summed E-state index contributed by atoms with van der Waals surface area (Å²) in [7, 11) is 0. The largest absolute Gasteiger partial charge is 0.506 e. The Kier molecular flexibility index (Phi) is 4.54. The summed E-state index contributed by atoms with van der Waals surface area (Å²) >= 11 is 1.72. The Labute approximate surface area is 151 Å². The molecule has 134 valence electrons. The first-order valence-electron chi connectivity index (χ1n) is 8.81. The van der Waals surface area contributed by atoms with Gasteiger partial charge in [0.2, 0.25) is 0 Å². The standard InChI is InChI=1S/C19H24N2O3S/c22-15-3-4-17(20-9-15)18(23)12-21-10-13-6-19(24,7-14(13)11-21)8-16-2-1-5-25-16/h1-5,9,13-14,18,22-24H,6-8,10-12H2. The second kappa shape index (κ2) is 6.68. The van der Waals surface area contributed by atoms with Crippen LogP contribution in [0.5, 0.6) is 5.75 Å². The van der Waals surface area contributed by atoms with Gasteiger partial charge < -0.3 is 15.3 Å². The first kappa shape index (κ1) is 17.0. The lowest BCUT2D eigenvalue weighted by molar-refractivity contribution is 0.0334. The van der Waals surface area contributed by atoms with Crippen LogP contribution in [0.2, 0.25) is 0 Å². The molecule has 3 N–H and O–H groups in total. The minimum Gasteiger partial charge on any atom is -0.506 e. The van der Waals surface area contributed by atoms with E-state index >= 15 is 0 Å². The number of hydrogen-bond acceptors (Lipinski definition) is 6. The third-order valence-electron chi connectivity index (χ3n) is 5.56. The molecule has 5 nitrogen and oxygen atoms in total. The van der Waals surface area contributed by atoms with Crippen LogP contribution in [0.3, 0.4) is 0 Å². The summed E-state index contributed by atoms with van der Waals surface area (Å²) < 4.78 is 0. The Balaban J connectivity index is 1.32. The van der Waals surface area contributed by atoms with Crippen molar-refractivity contribution in [3.63, 3.8) is 0 Å². The third-order valence-corrected chi connectivity index (χ3v) is 6.44. The van der Waals surface area contributed by atoms with Crippen molar-refractivity contribution in [1.82, 2.24) is 9.88 Å². The number of likely N-dealkylation sites (tertiary alicyclic amines) is 1. The Morgan fingerprint density at radius 1 is 1.24 bits per heavy atom. The molecule has 0 bridgehead atoms. The molecule has 2 aliphatic rings. The van der Waals surface area contributed by atoms with E-state index in [-0.39, 0.29) is 5.75 Å².